The molecular weight excluding hydrogens is 244 g/mol. The Kier molecular flexibility index (Phi) is 2.76. The van der Waals surface area contributed by atoms with Crippen LogP contribution in [0.5, 0.6) is 0 Å². The zero-order valence-electron chi connectivity index (χ0n) is 13.1. The summed E-state index contributed by atoms with van der Waals surface area (Å²) in [5, 5.41) is 0. The standard InChI is InChI=1S/C19H28O/c1-18-11-4-3-5-13(18)6-7-14-15-8-9-17(20)19(15,2)12-10-16(14)18/h5,14-16H,3-4,6-12H2,1-2H3/t14-,15-,16+,18-,19-/m0/s1. The molecule has 4 aliphatic carbocycles. The highest BCUT2D eigenvalue weighted by molar-refractivity contribution is 5.87. The maximum atomic E-state index is 12.4. The van der Waals surface area contributed by atoms with Gasteiger partial charge in [-0.05, 0) is 74.5 Å². The number of carbonyl (C=O) groups is 1. The maximum Gasteiger partial charge on any atom is 0.139 e. The molecule has 20 heavy (non-hydrogen) atoms. The molecule has 0 heterocycles. The largest absolute Gasteiger partial charge is 0.299 e. The molecule has 3 saturated carbocycles. The first-order valence-corrected chi connectivity index (χ1v) is 8.78. The molecule has 5 atom stereocenters. The van der Waals surface area contributed by atoms with Gasteiger partial charge in [-0.2, -0.15) is 0 Å². The molecule has 0 bridgehead atoms. The number of fused-ring (bicyclic) bond motifs is 5. The van der Waals surface area contributed by atoms with Gasteiger partial charge in [-0.15, -0.1) is 0 Å². The van der Waals surface area contributed by atoms with E-state index >= 15 is 0 Å². The molecule has 0 unspecified atom stereocenters. The summed E-state index contributed by atoms with van der Waals surface area (Å²) in [5.41, 5.74) is 2.31. The van der Waals surface area contributed by atoms with Crippen molar-refractivity contribution in [2.75, 3.05) is 0 Å². The van der Waals surface area contributed by atoms with Crippen LogP contribution in [-0.2, 0) is 4.79 Å². The van der Waals surface area contributed by atoms with Crippen molar-refractivity contribution in [3.63, 3.8) is 0 Å². The van der Waals surface area contributed by atoms with E-state index in [0.29, 0.717) is 17.1 Å². The number of hydrogen-bond acceptors (Lipinski definition) is 1. The fourth-order valence-corrected chi connectivity index (χ4v) is 6.52. The first kappa shape index (κ1) is 13.1. The Bertz CT molecular complexity index is 476. The molecule has 3 fully saturated rings. The van der Waals surface area contributed by atoms with Crippen LogP contribution in [0.15, 0.2) is 11.6 Å². The summed E-state index contributed by atoms with van der Waals surface area (Å²) in [6.07, 6.45) is 13.8. The van der Waals surface area contributed by atoms with Crippen molar-refractivity contribution in [1.82, 2.24) is 0 Å². The number of Topliss-reactive ketones (excluding diaryl/α,β-unsaturated/α-hetero) is 1. The Morgan fingerprint density at radius 1 is 1.00 bits per heavy atom. The Balaban J connectivity index is 1.70. The molecule has 0 aromatic carbocycles. The molecule has 0 aromatic rings. The van der Waals surface area contributed by atoms with Crippen LogP contribution >= 0.6 is 0 Å². The summed E-state index contributed by atoms with van der Waals surface area (Å²) in [5.74, 6) is 2.98. The third kappa shape index (κ3) is 1.53. The average molecular weight is 272 g/mol. The van der Waals surface area contributed by atoms with Crippen LogP contribution < -0.4 is 0 Å². The lowest BCUT2D eigenvalue weighted by Gasteiger charge is -2.57. The van der Waals surface area contributed by atoms with Crippen LogP contribution in [0.25, 0.3) is 0 Å². The quantitative estimate of drug-likeness (QED) is 0.573. The monoisotopic (exact) mass is 272 g/mol. The molecule has 0 amide bonds. The van der Waals surface area contributed by atoms with Crippen LogP contribution in [0.3, 0.4) is 0 Å². The SMILES string of the molecule is C[C@]12CCCC=C1CC[C@@H]1[C@H]2CC[C@]2(C)C(=O)CC[C@@H]12. The van der Waals surface area contributed by atoms with E-state index in [9.17, 15) is 4.79 Å². The van der Waals surface area contributed by atoms with Crippen molar-refractivity contribution in [3.8, 4) is 0 Å². The summed E-state index contributed by atoms with van der Waals surface area (Å²) >= 11 is 0. The minimum Gasteiger partial charge on any atom is -0.299 e. The first-order chi connectivity index (χ1) is 9.56. The van der Waals surface area contributed by atoms with E-state index in [-0.39, 0.29) is 5.41 Å². The number of carbonyl (C=O) groups excluding carboxylic acids is 1. The zero-order chi connectivity index (χ0) is 14.0. The molecule has 0 spiro atoms. The molecule has 0 N–H and O–H groups in total. The van der Waals surface area contributed by atoms with Crippen LogP contribution in [0.2, 0.25) is 0 Å². The van der Waals surface area contributed by atoms with Crippen molar-refractivity contribution in [3.05, 3.63) is 11.6 Å². The van der Waals surface area contributed by atoms with Gasteiger partial charge >= 0.3 is 0 Å². The number of ketones is 1. The van der Waals surface area contributed by atoms with Gasteiger partial charge in [0.15, 0.2) is 0 Å². The van der Waals surface area contributed by atoms with Gasteiger partial charge in [0, 0.05) is 11.8 Å². The number of hydrogen-bond donors (Lipinski definition) is 0. The highest BCUT2D eigenvalue weighted by atomic mass is 16.1. The zero-order valence-corrected chi connectivity index (χ0v) is 13.1. The second-order valence-corrected chi connectivity index (χ2v) is 8.37. The molecule has 1 heteroatoms. The number of rotatable bonds is 0. The predicted molar refractivity (Wildman–Crippen MR) is 81.3 cm³/mol. The van der Waals surface area contributed by atoms with E-state index in [0.717, 1.165) is 18.3 Å². The maximum absolute atomic E-state index is 12.4. The van der Waals surface area contributed by atoms with Crippen LogP contribution in [0.1, 0.15) is 71.6 Å². The molecule has 4 rings (SSSR count). The molecule has 0 saturated heterocycles. The summed E-state index contributed by atoms with van der Waals surface area (Å²) in [6, 6.07) is 0. The fraction of sp³-hybridized carbons (Fsp3) is 0.842. The van der Waals surface area contributed by atoms with Crippen molar-refractivity contribution in [2.24, 2.45) is 28.6 Å². The van der Waals surface area contributed by atoms with Gasteiger partial charge in [-0.25, -0.2) is 0 Å². The second kappa shape index (κ2) is 4.21. The Labute approximate surface area is 123 Å². The number of allylic oxidation sites excluding steroid dienone is 2. The summed E-state index contributed by atoms with van der Waals surface area (Å²) in [7, 11) is 0. The first-order valence-electron chi connectivity index (χ1n) is 8.78. The van der Waals surface area contributed by atoms with Crippen molar-refractivity contribution in [2.45, 2.75) is 71.6 Å². The third-order valence-corrected chi connectivity index (χ3v) is 7.74. The van der Waals surface area contributed by atoms with Crippen LogP contribution in [0, 0.1) is 28.6 Å². The average Bonchev–Trinajstić information content (AvgIpc) is 2.74. The second-order valence-electron chi connectivity index (χ2n) is 8.37. The summed E-state index contributed by atoms with van der Waals surface area (Å²) < 4.78 is 0. The van der Waals surface area contributed by atoms with Gasteiger partial charge in [0.05, 0.1) is 0 Å². The van der Waals surface area contributed by atoms with E-state index in [1.807, 2.05) is 0 Å². The highest BCUT2D eigenvalue weighted by Crippen LogP contribution is 2.64. The van der Waals surface area contributed by atoms with Crippen LogP contribution in [-0.4, -0.2) is 5.78 Å². The predicted octanol–water partition coefficient (Wildman–Crippen LogP) is 4.91. The Hall–Kier alpha value is -0.590. The molecule has 110 valence electrons. The molecule has 1 nitrogen and oxygen atoms in total. The van der Waals surface area contributed by atoms with E-state index in [2.05, 4.69) is 19.9 Å². The smallest absolute Gasteiger partial charge is 0.139 e. The Morgan fingerprint density at radius 2 is 1.80 bits per heavy atom. The lowest BCUT2D eigenvalue weighted by Crippen LogP contribution is -2.50. The van der Waals surface area contributed by atoms with Gasteiger partial charge in [-0.1, -0.05) is 25.5 Å². The van der Waals surface area contributed by atoms with E-state index in [1.54, 1.807) is 5.57 Å². The molecule has 0 aromatic heterocycles. The van der Waals surface area contributed by atoms with E-state index < -0.39 is 0 Å². The van der Waals surface area contributed by atoms with Crippen molar-refractivity contribution in [1.29, 1.82) is 0 Å². The molecule has 4 aliphatic rings. The fourth-order valence-electron chi connectivity index (χ4n) is 6.52. The third-order valence-electron chi connectivity index (χ3n) is 7.74. The lowest BCUT2D eigenvalue weighted by molar-refractivity contribution is -0.132. The van der Waals surface area contributed by atoms with Gasteiger partial charge in [0.1, 0.15) is 5.78 Å². The van der Waals surface area contributed by atoms with E-state index in [4.69, 9.17) is 0 Å². The van der Waals surface area contributed by atoms with E-state index in [1.165, 1.54) is 51.4 Å². The van der Waals surface area contributed by atoms with Crippen LogP contribution in [0.4, 0.5) is 0 Å². The van der Waals surface area contributed by atoms with Gasteiger partial charge in [0.2, 0.25) is 0 Å². The van der Waals surface area contributed by atoms with Gasteiger partial charge < -0.3 is 0 Å². The summed E-state index contributed by atoms with van der Waals surface area (Å²) in [4.78, 5) is 12.4. The minimum absolute atomic E-state index is 0.0490. The Morgan fingerprint density at radius 3 is 2.65 bits per heavy atom. The topological polar surface area (TPSA) is 17.1 Å². The lowest BCUT2D eigenvalue weighted by atomic mass is 9.47. The highest BCUT2D eigenvalue weighted by Gasteiger charge is 2.58. The minimum atomic E-state index is 0.0490. The van der Waals surface area contributed by atoms with Crippen molar-refractivity contribution >= 4 is 5.78 Å². The van der Waals surface area contributed by atoms with Gasteiger partial charge in [0.25, 0.3) is 0 Å². The normalized spacial score (nSPS) is 51.0. The summed E-state index contributed by atoms with van der Waals surface area (Å²) in [6.45, 7) is 4.84. The molecule has 0 aliphatic heterocycles. The molecular formula is C19H28O. The van der Waals surface area contributed by atoms with Gasteiger partial charge in [-0.3, -0.25) is 4.79 Å². The van der Waals surface area contributed by atoms with Crippen molar-refractivity contribution < 1.29 is 4.79 Å². The molecule has 0 radical (unpaired) electrons.